The molecule has 4 nitrogen and oxygen atoms in total. The SMILES string of the molecule is O=C(O)C1C([AsH2])C2C=CC1(C(=O)OCC1c3ccccc3-c3ccccc31)C2. The van der Waals surface area contributed by atoms with Crippen LogP contribution in [0.25, 0.3) is 11.1 Å². The molecule has 0 heterocycles. The number of esters is 1. The molecule has 1 fully saturated rings. The molecule has 0 amide bonds. The van der Waals surface area contributed by atoms with Crippen LogP contribution in [0.3, 0.4) is 0 Å². The van der Waals surface area contributed by atoms with Gasteiger partial charge in [0.1, 0.15) is 0 Å². The van der Waals surface area contributed by atoms with Gasteiger partial charge in [0.15, 0.2) is 0 Å². The van der Waals surface area contributed by atoms with Gasteiger partial charge in [0.25, 0.3) is 0 Å². The number of rotatable bonds is 4. The Balaban J connectivity index is 1.42. The van der Waals surface area contributed by atoms with E-state index in [0.29, 0.717) is 6.42 Å². The molecule has 3 aliphatic carbocycles. The van der Waals surface area contributed by atoms with Gasteiger partial charge in [-0.2, -0.15) is 0 Å². The maximum absolute atomic E-state index is 13.1. The normalized spacial score (nSPS) is 29.5. The Hall–Kier alpha value is -2.32. The number of ether oxygens (including phenoxy) is 1. The average molecular weight is 436 g/mol. The second kappa shape index (κ2) is 6.35. The summed E-state index contributed by atoms with van der Waals surface area (Å²) in [5.74, 6) is -1.81. The van der Waals surface area contributed by atoms with Crippen molar-refractivity contribution in [1.82, 2.24) is 0 Å². The summed E-state index contributed by atoms with van der Waals surface area (Å²) >= 11 is 1.40. The van der Waals surface area contributed by atoms with Crippen molar-refractivity contribution in [3.63, 3.8) is 0 Å². The summed E-state index contributed by atoms with van der Waals surface area (Å²) in [5.41, 5.74) is 3.67. The van der Waals surface area contributed by atoms with Crippen LogP contribution in [0.4, 0.5) is 0 Å². The van der Waals surface area contributed by atoms with Crippen molar-refractivity contribution in [2.24, 2.45) is 17.3 Å². The number of carbonyl (C=O) groups is 2. The molecule has 1 N–H and O–H groups in total. The zero-order valence-corrected chi connectivity index (χ0v) is 17.7. The molecule has 5 unspecified atom stereocenters. The Kier molecular flexibility index (Phi) is 4.03. The predicted molar refractivity (Wildman–Crippen MR) is 108 cm³/mol. The molecule has 28 heavy (non-hydrogen) atoms. The number of hydrogen-bond acceptors (Lipinski definition) is 3. The van der Waals surface area contributed by atoms with E-state index in [0.717, 1.165) is 11.1 Å². The van der Waals surface area contributed by atoms with Crippen molar-refractivity contribution < 1.29 is 19.4 Å². The molecular formula is C23H21AsO4. The topological polar surface area (TPSA) is 63.6 Å². The fourth-order valence-corrected chi connectivity index (χ4v) is 6.92. The molecule has 3 aliphatic rings. The van der Waals surface area contributed by atoms with Crippen molar-refractivity contribution in [3.8, 4) is 11.1 Å². The molecular weight excluding hydrogens is 415 g/mol. The van der Waals surface area contributed by atoms with Gasteiger partial charge in [-0.25, -0.2) is 0 Å². The molecule has 0 aromatic heterocycles. The van der Waals surface area contributed by atoms with Crippen LogP contribution < -0.4 is 0 Å². The zero-order chi connectivity index (χ0) is 19.5. The Morgan fingerprint density at radius 2 is 1.68 bits per heavy atom. The van der Waals surface area contributed by atoms with Crippen LogP contribution in [0.2, 0.25) is 4.71 Å². The second-order valence-corrected chi connectivity index (χ2v) is 9.60. The number of allylic oxidation sites excluding steroid dienone is 1. The van der Waals surface area contributed by atoms with Crippen LogP contribution >= 0.6 is 0 Å². The minimum atomic E-state index is -1.00. The first-order chi connectivity index (χ1) is 13.5. The van der Waals surface area contributed by atoms with E-state index in [1.54, 1.807) is 6.08 Å². The van der Waals surface area contributed by atoms with Gasteiger partial charge in [0.2, 0.25) is 0 Å². The number of carbonyl (C=O) groups excluding carboxylic acids is 1. The summed E-state index contributed by atoms with van der Waals surface area (Å²) in [6, 6.07) is 16.4. The summed E-state index contributed by atoms with van der Waals surface area (Å²) in [7, 11) is 0. The molecule has 5 rings (SSSR count). The summed E-state index contributed by atoms with van der Waals surface area (Å²) < 4.78 is 5.84. The molecule has 0 radical (unpaired) electrons. The van der Waals surface area contributed by atoms with E-state index in [4.69, 9.17) is 4.74 Å². The zero-order valence-electron chi connectivity index (χ0n) is 15.2. The van der Waals surface area contributed by atoms with Crippen molar-refractivity contribution in [2.45, 2.75) is 17.0 Å². The van der Waals surface area contributed by atoms with Crippen LogP contribution in [0.15, 0.2) is 60.7 Å². The third kappa shape index (κ3) is 2.37. The van der Waals surface area contributed by atoms with Gasteiger partial charge in [-0.1, -0.05) is 0 Å². The minimum absolute atomic E-state index is 0.00971. The molecule has 0 saturated heterocycles. The van der Waals surface area contributed by atoms with E-state index in [1.807, 2.05) is 30.3 Å². The molecule has 1 saturated carbocycles. The summed E-state index contributed by atoms with van der Waals surface area (Å²) in [5, 5.41) is 9.73. The molecule has 142 valence electrons. The second-order valence-electron chi connectivity index (χ2n) is 7.99. The van der Waals surface area contributed by atoms with Crippen LogP contribution in [-0.4, -0.2) is 40.5 Å². The Labute approximate surface area is 172 Å². The number of carboxylic acids is 1. The van der Waals surface area contributed by atoms with Crippen molar-refractivity contribution >= 4 is 28.8 Å². The van der Waals surface area contributed by atoms with Gasteiger partial charge in [-0.05, 0) is 0 Å². The van der Waals surface area contributed by atoms with Gasteiger partial charge < -0.3 is 0 Å². The van der Waals surface area contributed by atoms with Gasteiger partial charge >= 0.3 is 172 Å². The van der Waals surface area contributed by atoms with Gasteiger partial charge in [-0.15, -0.1) is 0 Å². The van der Waals surface area contributed by atoms with E-state index in [9.17, 15) is 14.7 Å². The summed E-state index contributed by atoms with van der Waals surface area (Å²) in [6.45, 7) is 0.235. The van der Waals surface area contributed by atoms with Crippen LogP contribution in [0.1, 0.15) is 23.5 Å². The van der Waals surface area contributed by atoms with Gasteiger partial charge in [0, 0.05) is 0 Å². The Morgan fingerprint density at radius 1 is 1.07 bits per heavy atom. The van der Waals surface area contributed by atoms with Gasteiger partial charge in [0.05, 0.1) is 0 Å². The number of benzene rings is 2. The fraction of sp³-hybridized carbons (Fsp3) is 0.304. The predicted octanol–water partition coefficient (Wildman–Crippen LogP) is 3.04. The third-order valence-electron chi connectivity index (χ3n) is 6.64. The van der Waals surface area contributed by atoms with Crippen molar-refractivity contribution in [2.75, 3.05) is 6.61 Å². The van der Waals surface area contributed by atoms with E-state index >= 15 is 0 Å². The first-order valence-corrected chi connectivity index (χ1v) is 11.0. The summed E-state index contributed by atoms with van der Waals surface area (Å²) in [6.07, 6.45) is 4.36. The molecule has 2 aromatic carbocycles. The van der Waals surface area contributed by atoms with Crippen LogP contribution in [0.5, 0.6) is 0 Å². The van der Waals surface area contributed by atoms with E-state index in [-0.39, 0.29) is 29.1 Å². The molecule has 5 heteroatoms. The molecule has 2 aromatic rings. The molecule has 0 spiro atoms. The quantitative estimate of drug-likeness (QED) is 0.455. The molecule has 2 bridgehead atoms. The molecule has 5 atom stereocenters. The standard InChI is InChI=1S/C23H21AsO4/c24-20-13-9-10-23(11-13,19(20)21(25)26)22(27)28-12-18-16-7-3-1-5-14(16)15-6-2-4-8-17(15)18/h1-10,13,18-20H,11-12,24H2,(H,25,26). The molecule has 0 aliphatic heterocycles. The van der Waals surface area contributed by atoms with Crippen LogP contribution in [0, 0.1) is 17.3 Å². The average Bonchev–Trinajstić information content (AvgIpc) is 3.35. The monoisotopic (exact) mass is 436 g/mol. The Morgan fingerprint density at radius 3 is 2.29 bits per heavy atom. The third-order valence-corrected chi connectivity index (χ3v) is 8.48. The fourth-order valence-electron chi connectivity index (χ4n) is 5.30. The van der Waals surface area contributed by atoms with Gasteiger partial charge in [-0.3, -0.25) is 0 Å². The number of fused-ring (bicyclic) bond motifs is 5. The van der Waals surface area contributed by atoms with Crippen LogP contribution in [-0.2, 0) is 14.3 Å². The first kappa shape index (κ1) is 17.8. The number of hydrogen-bond donors (Lipinski definition) is 1. The van der Waals surface area contributed by atoms with E-state index in [1.165, 1.54) is 28.0 Å². The summed E-state index contributed by atoms with van der Waals surface area (Å²) in [4.78, 5) is 25.0. The van der Waals surface area contributed by atoms with E-state index in [2.05, 4.69) is 24.3 Å². The first-order valence-electron chi connectivity index (χ1n) is 9.56. The Bertz CT molecular complexity index is 968. The maximum atomic E-state index is 13.1. The number of carboxylic acid groups (broad SMARTS) is 1. The van der Waals surface area contributed by atoms with E-state index < -0.39 is 17.3 Å². The number of aliphatic carboxylic acids is 1. The van der Waals surface area contributed by atoms with Crippen molar-refractivity contribution in [1.29, 1.82) is 0 Å². The van der Waals surface area contributed by atoms with Crippen molar-refractivity contribution in [3.05, 3.63) is 71.8 Å².